The molecule has 1 saturated carbocycles. The number of piperidine rings is 1. The zero-order valence-electron chi connectivity index (χ0n) is 11.7. The third-order valence-electron chi connectivity index (χ3n) is 5.40. The molecule has 3 fully saturated rings. The molecule has 0 spiro atoms. The Morgan fingerprint density at radius 2 is 1.78 bits per heavy atom. The minimum atomic E-state index is -0.375. The zero-order valence-corrected chi connectivity index (χ0v) is 11.7. The van der Waals surface area contributed by atoms with Crippen LogP contribution >= 0.6 is 0 Å². The first-order valence-corrected chi connectivity index (χ1v) is 7.91. The van der Waals surface area contributed by atoms with Crippen LogP contribution in [0, 0.1) is 0 Å². The lowest BCUT2D eigenvalue weighted by Gasteiger charge is -2.40. The van der Waals surface area contributed by atoms with E-state index in [1.807, 2.05) is 0 Å². The van der Waals surface area contributed by atoms with Gasteiger partial charge in [0.1, 0.15) is 0 Å². The Hall–Kier alpha value is -0.120. The highest BCUT2D eigenvalue weighted by Gasteiger charge is 2.39. The molecule has 0 amide bonds. The quantitative estimate of drug-likeness (QED) is 0.802. The van der Waals surface area contributed by atoms with Gasteiger partial charge in [-0.15, -0.1) is 0 Å². The Morgan fingerprint density at radius 1 is 1.17 bits per heavy atom. The minimum absolute atomic E-state index is 0.375. The van der Waals surface area contributed by atoms with Crippen LogP contribution in [0.25, 0.3) is 0 Å². The summed E-state index contributed by atoms with van der Waals surface area (Å²) in [6.45, 7) is 4.25. The fraction of sp³-hybridized carbons (Fsp3) is 1.00. The van der Waals surface area contributed by atoms with Gasteiger partial charge in [-0.2, -0.15) is 0 Å². The number of likely N-dealkylation sites (N-methyl/N-ethyl adjacent to an activating group) is 1. The van der Waals surface area contributed by atoms with Crippen molar-refractivity contribution in [2.24, 2.45) is 0 Å². The molecule has 3 rings (SSSR count). The Morgan fingerprint density at radius 3 is 2.33 bits per heavy atom. The predicted octanol–water partition coefficient (Wildman–Crippen LogP) is 1.90. The first kappa shape index (κ1) is 12.9. The maximum Gasteiger partial charge on any atom is 0.0774 e. The van der Waals surface area contributed by atoms with E-state index in [0.717, 1.165) is 38.0 Å². The summed E-state index contributed by atoms with van der Waals surface area (Å²) in [5.41, 5.74) is -0.375. The maximum atomic E-state index is 10.6. The van der Waals surface area contributed by atoms with Crippen molar-refractivity contribution in [2.75, 3.05) is 13.1 Å². The van der Waals surface area contributed by atoms with Crippen molar-refractivity contribution in [2.45, 2.75) is 82.0 Å². The third-order valence-corrected chi connectivity index (χ3v) is 5.40. The number of rotatable bonds is 4. The van der Waals surface area contributed by atoms with Gasteiger partial charge in [-0.25, -0.2) is 0 Å². The van der Waals surface area contributed by atoms with Gasteiger partial charge in [0.2, 0.25) is 0 Å². The second-order valence-electron chi connectivity index (χ2n) is 6.76. The summed E-state index contributed by atoms with van der Waals surface area (Å²) in [5.74, 6) is 0. The van der Waals surface area contributed by atoms with Gasteiger partial charge in [-0.05, 0) is 45.1 Å². The summed E-state index contributed by atoms with van der Waals surface area (Å²) in [4.78, 5) is 2.57. The van der Waals surface area contributed by atoms with Crippen LogP contribution in [0.3, 0.4) is 0 Å². The van der Waals surface area contributed by atoms with Crippen LogP contribution in [0.5, 0.6) is 0 Å². The summed E-state index contributed by atoms with van der Waals surface area (Å²) in [7, 11) is 0. The van der Waals surface area contributed by atoms with Gasteiger partial charge >= 0.3 is 0 Å². The number of aliphatic hydroxyl groups is 1. The molecule has 2 bridgehead atoms. The van der Waals surface area contributed by atoms with Crippen molar-refractivity contribution >= 4 is 0 Å². The molecule has 18 heavy (non-hydrogen) atoms. The van der Waals surface area contributed by atoms with Crippen LogP contribution < -0.4 is 5.32 Å². The number of nitrogens with one attached hydrogen (secondary N) is 1. The highest BCUT2D eigenvalue weighted by molar-refractivity contribution is 4.97. The van der Waals surface area contributed by atoms with Crippen LogP contribution in [-0.2, 0) is 0 Å². The Bertz CT molecular complexity index is 276. The van der Waals surface area contributed by atoms with Gasteiger partial charge in [0.05, 0.1) is 5.60 Å². The molecule has 0 aromatic rings. The normalized spacial score (nSPS) is 38.5. The first-order valence-electron chi connectivity index (χ1n) is 7.91. The van der Waals surface area contributed by atoms with Crippen LogP contribution in [0.1, 0.15) is 58.3 Å². The average molecular weight is 252 g/mol. The van der Waals surface area contributed by atoms with E-state index in [2.05, 4.69) is 17.1 Å². The Labute approximate surface area is 111 Å². The molecule has 3 heteroatoms. The molecule has 0 aromatic heterocycles. The average Bonchev–Trinajstić information content (AvgIpc) is 2.93. The highest BCUT2D eigenvalue weighted by atomic mass is 16.3. The van der Waals surface area contributed by atoms with E-state index in [1.54, 1.807) is 0 Å². The Kier molecular flexibility index (Phi) is 3.65. The van der Waals surface area contributed by atoms with E-state index in [4.69, 9.17) is 0 Å². The standard InChI is InChI=1S/C15H28N2O/c1-2-17(11-15(18)7-3-4-8-15)14-9-12-5-6-13(10-14)16-12/h12-14,16,18H,2-11H2,1H3. The second-order valence-corrected chi connectivity index (χ2v) is 6.76. The number of hydrogen-bond acceptors (Lipinski definition) is 3. The first-order chi connectivity index (χ1) is 8.68. The van der Waals surface area contributed by atoms with Gasteiger partial charge in [0.25, 0.3) is 0 Å². The maximum absolute atomic E-state index is 10.6. The minimum Gasteiger partial charge on any atom is -0.389 e. The highest BCUT2D eigenvalue weighted by Crippen LogP contribution is 2.34. The van der Waals surface area contributed by atoms with E-state index >= 15 is 0 Å². The monoisotopic (exact) mass is 252 g/mol. The summed E-state index contributed by atoms with van der Waals surface area (Å²) < 4.78 is 0. The largest absolute Gasteiger partial charge is 0.389 e. The molecule has 1 aliphatic carbocycles. The smallest absolute Gasteiger partial charge is 0.0774 e. The third kappa shape index (κ3) is 2.59. The van der Waals surface area contributed by atoms with Gasteiger partial charge in [0.15, 0.2) is 0 Å². The van der Waals surface area contributed by atoms with Crippen LogP contribution in [-0.4, -0.2) is 46.8 Å². The predicted molar refractivity (Wildman–Crippen MR) is 73.6 cm³/mol. The zero-order chi connectivity index (χ0) is 12.6. The summed E-state index contributed by atoms with van der Waals surface area (Å²) in [6, 6.07) is 2.21. The van der Waals surface area contributed by atoms with Gasteiger partial charge in [0, 0.05) is 24.7 Å². The lowest BCUT2D eigenvalue weighted by atomic mass is 9.95. The molecule has 2 aliphatic heterocycles. The lowest BCUT2D eigenvalue weighted by molar-refractivity contribution is -0.00875. The van der Waals surface area contributed by atoms with Crippen molar-refractivity contribution in [3.63, 3.8) is 0 Å². The molecule has 2 N–H and O–H groups in total. The number of fused-ring (bicyclic) bond motifs is 2. The van der Waals surface area contributed by atoms with Gasteiger partial charge < -0.3 is 10.4 Å². The summed E-state index contributed by atoms with van der Waals surface area (Å²) >= 11 is 0. The van der Waals surface area contributed by atoms with Crippen LogP contribution in [0.4, 0.5) is 0 Å². The Balaban J connectivity index is 1.61. The molecule has 3 aliphatic rings. The molecular formula is C15H28N2O. The summed E-state index contributed by atoms with van der Waals surface area (Å²) in [6.07, 6.45) is 9.77. The van der Waals surface area contributed by atoms with Gasteiger partial charge in [-0.1, -0.05) is 19.8 Å². The van der Waals surface area contributed by atoms with Crippen molar-refractivity contribution in [3.8, 4) is 0 Å². The van der Waals surface area contributed by atoms with E-state index in [9.17, 15) is 5.11 Å². The van der Waals surface area contributed by atoms with Gasteiger partial charge in [-0.3, -0.25) is 4.90 Å². The summed E-state index contributed by atoms with van der Waals surface area (Å²) in [5, 5.41) is 14.3. The van der Waals surface area contributed by atoms with E-state index < -0.39 is 0 Å². The van der Waals surface area contributed by atoms with Crippen LogP contribution in [0.2, 0.25) is 0 Å². The van der Waals surface area contributed by atoms with E-state index in [-0.39, 0.29) is 5.60 Å². The van der Waals surface area contributed by atoms with E-state index in [1.165, 1.54) is 38.5 Å². The number of nitrogens with zero attached hydrogens (tertiary/aromatic N) is 1. The molecular weight excluding hydrogens is 224 g/mol. The van der Waals surface area contributed by atoms with Crippen molar-refractivity contribution < 1.29 is 5.11 Å². The molecule has 2 saturated heterocycles. The molecule has 3 nitrogen and oxygen atoms in total. The molecule has 0 aromatic carbocycles. The fourth-order valence-corrected chi connectivity index (χ4v) is 4.39. The molecule has 2 heterocycles. The molecule has 104 valence electrons. The topological polar surface area (TPSA) is 35.5 Å². The SMILES string of the molecule is CCN(CC1(O)CCCC1)C1CC2CCC(C1)N2. The molecule has 2 atom stereocenters. The number of hydrogen-bond donors (Lipinski definition) is 2. The second kappa shape index (κ2) is 5.10. The van der Waals surface area contributed by atoms with Crippen LogP contribution in [0.15, 0.2) is 0 Å². The molecule has 2 unspecified atom stereocenters. The lowest BCUT2D eigenvalue weighted by Crippen LogP contribution is -2.52. The van der Waals surface area contributed by atoms with Crippen molar-refractivity contribution in [1.29, 1.82) is 0 Å². The van der Waals surface area contributed by atoms with E-state index in [0.29, 0.717) is 6.04 Å². The fourth-order valence-electron chi connectivity index (χ4n) is 4.39. The van der Waals surface area contributed by atoms with Crippen molar-refractivity contribution in [3.05, 3.63) is 0 Å². The van der Waals surface area contributed by atoms with Crippen molar-refractivity contribution in [1.82, 2.24) is 10.2 Å². The molecule has 0 radical (unpaired) electrons.